The Labute approximate surface area is 190 Å². The van der Waals surface area contributed by atoms with E-state index >= 15 is 0 Å². The lowest BCUT2D eigenvalue weighted by Gasteiger charge is -2.10. The van der Waals surface area contributed by atoms with Crippen LogP contribution in [-0.4, -0.2) is 21.1 Å². The molecule has 0 saturated heterocycles. The predicted molar refractivity (Wildman–Crippen MR) is 129 cm³/mol. The van der Waals surface area contributed by atoms with Crippen LogP contribution in [-0.2, 0) is 6.54 Å². The summed E-state index contributed by atoms with van der Waals surface area (Å²) in [6, 6.07) is 17.1. The number of halogens is 1. The molecule has 0 unspecified atom stereocenters. The molecule has 2 aromatic carbocycles. The molecule has 4 aromatic rings. The average Bonchev–Trinajstić information content (AvgIpc) is 3.19. The van der Waals surface area contributed by atoms with Gasteiger partial charge in [-0.2, -0.15) is 0 Å². The van der Waals surface area contributed by atoms with Gasteiger partial charge in [-0.15, -0.1) is 17.9 Å². The maximum Gasteiger partial charge on any atom is 0.263 e. The fourth-order valence-electron chi connectivity index (χ4n) is 3.09. The zero-order valence-electron chi connectivity index (χ0n) is 15.9. The van der Waals surface area contributed by atoms with Gasteiger partial charge < -0.3 is 0 Å². The van der Waals surface area contributed by atoms with E-state index in [1.807, 2.05) is 47.8 Å². The minimum atomic E-state index is -0.112. The van der Waals surface area contributed by atoms with E-state index in [2.05, 4.69) is 22.5 Å². The van der Waals surface area contributed by atoms with Gasteiger partial charge in [0.2, 0.25) is 0 Å². The molecule has 7 heteroatoms. The number of nitrogens with zero attached hydrogens (tertiary/aromatic N) is 2. The number of rotatable bonds is 7. The van der Waals surface area contributed by atoms with Crippen molar-refractivity contribution in [1.29, 1.82) is 0 Å². The summed E-state index contributed by atoms with van der Waals surface area (Å²) in [4.78, 5) is 31.3. The standard InChI is InChI=1S/C23H17BrN2O2S2/c1-2-12-26-22(28)20-18(15-6-4-3-5-7-15)13-29-21(20)25-23(26)30-14-19(27)16-8-10-17(24)11-9-16/h2-11,13H,1,12,14H2. The van der Waals surface area contributed by atoms with Gasteiger partial charge in [0.05, 0.1) is 11.1 Å². The molecule has 0 radical (unpaired) electrons. The van der Waals surface area contributed by atoms with Crippen LogP contribution >= 0.6 is 39.0 Å². The van der Waals surface area contributed by atoms with Crippen molar-refractivity contribution in [3.63, 3.8) is 0 Å². The van der Waals surface area contributed by atoms with Crippen molar-refractivity contribution in [3.8, 4) is 11.1 Å². The Balaban J connectivity index is 1.70. The molecule has 0 bridgehead atoms. The van der Waals surface area contributed by atoms with Crippen LogP contribution in [0.1, 0.15) is 10.4 Å². The number of ketones is 1. The fraction of sp³-hybridized carbons (Fsp3) is 0.0870. The summed E-state index contributed by atoms with van der Waals surface area (Å²) in [6.45, 7) is 4.11. The van der Waals surface area contributed by atoms with Crippen LogP contribution in [0.5, 0.6) is 0 Å². The van der Waals surface area contributed by atoms with Crippen molar-refractivity contribution >= 4 is 55.0 Å². The van der Waals surface area contributed by atoms with E-state index in [-0.39, 0.29) is 17.1 Å². The topological polar surface area (TPSA) is 52.0 Å². The Bertz CT molecular complexity index is 1280. The van der Waals surface area contributed by atoms with Crippen molar-refractivity contribution < 1.29 is 4.79 Å². The minimum absolute atomic E-state index is 0.0110. The Morgan fingerprint density at radius 1 is 1.17 bits per heavy atom. The highest BCUT2D eigenvalue weighted by atomic mass is 79.9. The number of benzene rings is 2. The second-order valence-corrected chi connectivity index (χ2v) is 9.23. The van der Waals surface area contributed by atoms with Gasteiger partial charge in [-0.1, -0.05) is 76.2 Å². The van der Waals surface area contributed by atoms with E-state index in [0.29, 0.717) is 27.5 Å². The Kier molecular flexibility index (Phi) is 6.32. The maximum atomic E-state index is 13.3. The summed E-state index contributed by atoms with van der Waals surface area (Å²) in [7, 11) is 0. The number of carbonyl (C=O) groups excluding carboxylic acids is 1. The van der Waals surface area contributed by atoms with Crippen LogP contribution in [0.3, 0.4) is 0 Å². The Morgan fingerprint density at radius 3 is 2.60 bits per heavy atom. The monoisotopic (exact) mass is 496 g/mol. The minimum Gasteiger partial charge on any atom is -0.293 e. The third-order valence-corrected chi connectivity index (χ3v) is 6.93. The van der Waals surface area contributed by atoms with Crippen molar-refractivity contribution in [1.82, 2.24) is 9.55 Å². The highest BCUT2D eigenvalue weighted by molar-refractivity contribution is 9.10. The largest absolute Gasteiger partial charge is 0.293 e. The van der Waals surface area contributed by atoms with Gasteiger partial charge in [0.25, 0.3) is 5.56 Å². The molecule has 0 aliphatic rings. The summed E-state index contributed by atoms with van der Waals surface area (Å²) in [6.07, 6.45) is 1.67. The second-order valence-electron chi connectivity index (χ2n) is 6.51. The molecule has 0 N–H and O–H groups in total. The molecule has 4 nitrogen and oxygen atoms in total. The van der Waals surface area contributed by atoms with E-state index in [0.717, 1.165) is 15.6 Å². The normalized spacial score (nSPS) is 11.0. The lowest BCUT2D eigenvalue weighted by Crippen LogP contribution is -2.23. The zero-order chi connectivity index (χ0) is 21.1. The number of thiophene rings is 1. The number of fused-ring (bicyclic) bond motifs is 1. The second kappa shape index (κ2) is 9.12. The van der Waals surface area contributed by atoms with Gasteiger partial charge in [-0.25, -0.2) is 4.98 Å². The van der Waals surface area contributed by atoms with Crippen LogP contribution in [0, 0.1) is 0 Å². The van der Waals surface area contributed by atoms with Crippen LogP contribution < -0.4 is 5.56 Å². The summed E-state index contributed by atoms with van der Waals surface area (Å²) in [5, 5.41) is 3.10. The summed E-state index contributed by atoms with van der Waals surface area (Å²) in [5.74, 6) is 0.191. The Morgan fingerprint density at radius 2 is 1.90 bits per heavy atom. The average molecular weight is 497 g/mol. The first kappa shape index (κ1) is 20.8. The number of hydrogen-bond donors (Lipinski definition) is 0. The highest BCUT2D eigenvalue weighted by Crippen LogP contribution is 2.32. The van der Waals surface area contributed by atoms with Crippen LogP contribution in [0.15, 0.2) is 87.1 Å². The predicted octanol–water partition coefficient (Wildman–Crippen LogP) is 6.05. The van der Waals surface area contributed by atoms with Crippen LogP contribution in [0.25, 0.3) is 21.3 Å². The first-order valence-corrected chi connectivity index (χ1v) is 11.8. The molecule has 2 aromatic heterocycles. The Hall–Kier alpha value is -2.48. The molecule has 4 rings (SSSR count). The quantitative estimate of drug-likeness (QED) is 0.135. The first-order valence-electron chi connectivity index (χ1n) is 9.18. The van der Waals surface area contributed by atoms with Gasteiger partial charge in [-0.05, 0) is 17.7 Å². The number of carbonyl (C=O) groups is 1. The molecule has 30 heavy (non-hydrogen) atoms. The van der Waals surface area contributed by atoms with Gasteiger partial charge in [-0.3, -0.25) is 14.2 Å². The molecule has 0 aliphatic heterocycles. The molecule has 0 spiro atoms. The molecule has 0 aliphatic carbocycles. The van der Waals surface area contributed by atoms with Gasteiger partial charge in [0.1, 0.15) is 4.83 Å². The number of Topliss-reactive ketones (excluding diaryl/α,β-unsaturated/α-hetero) is 1. The first-order chi connectivity index (χ1) is 14.6. The zero-order valence-corrected chi connectivity index (χ0v) is 19.1. The molecular weight excluding hydrogens is 480 g/mol. The third kappa shape index (κ3) is 4.19. The van der Waals surface area contributed by atoms with Crippen molar-refractivity contribution in [2.45, 2.75) is 11.7 Å². The van der Waals surface area contributed by atoms with Crippen LogP contribution in [0.2, 0.25) is 0 Å². The molecule has 0 atom stereocenters. The summed E-state index contributed by atoms with van der Waals surface area (Å²) in [5.41, 5.74) is 2.39. The van der Waals surface area contributed by atoms with Crippen molar-refractivity contribution in [2.75, 3.05) is 5.75 Å². The fourth-order valence-corrected chi connectivity index (χ4v) is 5.24. The number of thioether (sulfide) groups is 1. The number of aromatic nitrogens is 2. The maximum absolute atomic E-state index is 13.3. The number of hydrogen-bond acceptors (Lipinski definition) is 5. The third-order valence-electron chi connectivity index (χ3n) is 4.55. The van der Waals surface area contributed by atoms with E-state index in [1.54, 1.807) is 22.8 Å². The SMILES string of the molecule is C=CCn1c(SCC(=O)c2ccc(Br)cc2)nc2scc(-c3ccccc3)c2c1=O. The lowest BCUT2D eigenvalue weighted by atomic mass is 10.1. The molecular formula is C23H17BrN2O2S2. The lowest BCUT2D eigenvalue weighted by molar-refractivity contribution is 0.102. The van der Waals surface area contributed by atoms with Gasteiger partial charge >= 0.3 is 0 Å². The molecule has 150 valence electrons. The molecule has 0 fully saturated rings. The molecule has 0 amide bonds. The van der Waals surface area contributed by atoms with Crippen molar-refractivity contribution in [3.05, 3.63) is 93.0 Å². The molecule has 0 saturated carbocycles. The van der Waals surface area contributed by atoms with E-state index < -0.39 is 0 Å². The van der Waals surface area contributed by atoms with Gasteiger partial charge in [0.15, 0.2) is 10.9 Å². The van der Waals surface area contributed by atoms with E-state index in [1.165, 1.54) is 23.1 Å². The van der Waals surface area contributed by atoms with E-state index in [9.17, 15) is 9.59 Å². The van der Waals surface area contributed by atoms with Gasteiger partial charge in [0, 0.05) is 27.5 Å². The van der Waals surface area contributed by atoms with Crippen molar-refractivity contribution in [2.24, 2.45) is 0 Å². The van der Waals surface area contributed by atoms with Crippen LogP contribution in [0.4, 0.5) is 0 Å². The van der Waals surface area contributed by atoms with E-state index in [4.69, 9.17) is 4.98 Å². The highest BCUT2D eigenvalue weighted by Gasteiger charge is 2.18. The summed E-state index contributed by atoms with van der Waals surface area (Å²) < 4.78 is 2.51. The smallest absolute Gasteiger partial charge is 0.263 e. The number of allylic oxidation sites excluding steroid dienone is 1. The summed E-state index contributed by atoms with van der Waals surface area (Å²) >= 11 is 6.09. The molecule has 2 heterocycles.